The maximum absolute atomic E-state index is 13.6. The van der Waals surface area contributed by atoms with E-state index >= 15 is 0 Å². The third-order valence-corrected chi connectivity index (χ3v) is 3.77. The van der Waals surface area contributed by atoms with Gasteiger partial charge < -0.3 is 15.2 Å². The minimum absolute atomic E-state index is 0.0324. The number of benzene rings is 1. The molecule has 1 atom stereocenters. The van der Waals surface area contributed by atoms with E-state index in [1.807, 2.05) is 0 Å². The summed E-state index contributed by atoms with van der Waals surface area (Å²) >= 11 is 0. The molecule has 0 unspecified atom stereocenters. The number of ether oxygens (including phenoxy) is 1. The van der Waals surface area contributed by atoms with Gasteiger partial charge in [0.05, 0.1) is 17.9 Å². The van der Waals surface area contributed by atoms with Crippen molar-refractivity contribution < 1.29 is 23.4 Å². The molecule has 2 N–H and O–H groups in total. The van der Waals surface area contributed by atoms with Crippen LogP contribution in [0.2, 0.25) is 0 Å². The fraction of sp³-hybridized carbons (Fsp3) is 0.316. The molecule has 3 aromatic rings. The maximum atomic E-state index is 13.6. The molecule has 0 spiro atoms. The molecule has 0 radical (unpaired) electrons. The third kappa shape index (κ3) is 4.73. The van der Waals surface area contributed by atoms with Gasteiger partial charge in [0.2, 0.25) is 5.88 Å². The van der Waals surface area contributed by atoms with Gasteiger partial charge >= 0.3 is 6.09 Å². The second-order valence-corrected chi connectivity index (χ2v) is 7.32. The second-order valence-electron chi connectivity index (χ2n) is 7.32. The number of hydrogen-bond donors (Lipinski definition) is 2. The van der Waals surface area contributed by atoms with Crippen LogP contribution in [0.4, 0.5) is 13.6 Å². The van der Waals surface area contributed by atoms with E-state index < -0.39 is 29.4 Å². The number of alkyl carbamates (subject to hydrolysis) is 1. The van der Waals surface area contributed by atoms with E-state index in [0.29, 0.717) is 16.9 Å². The fourth-order valence-corrected chi connectivity index (χ4v) is 2.74. The van der Waals surface area contributed by atoms with Gasteiger partial charge in [-0.2, -0.15) is 9.61 Å². The first kappa shape index (κ1) is 19.5. The van der Waals surface area contributed by atoms with E-state index in [0.717, 1.165) is 6.07 Å². The summed E-state index contributed by atoms with van der Waals surface area (Å²) in [6.07, 6.45) is 0.776. The molecule has 0 saturated heterocycles. The summed E-state index contributed by atoms with van der Waals surface area (Å²) in [5, 5.41) is 16.7. The topological polar surface area (TPSA) is 88.8 Å². The van der Waals surface area contributed by atoms with Gasteiger partial charge in [-0.3, -0.25) is 0 Å². The molecule has 0 aliphatic rings. The van der Waals surface area contributed by atoms with Gasteiger partial charge in [0.1, 0.15) is 17.2 Å². The summed E-state index contributed by atoms with van der Waals surface area (Å²) in [6, 6.07) is 5.21. The number of carbonyl (C=O) groups is 1. The highest BCUT2D eigenvalue weighted by Gasteiger charge is 2.23. The number of aromatic nitrogens is 3. The Hall–Kier alpha value is -3.23. The lowest BCUT2D eigenvalue weighted by atomic mass is 10.0. The van der Waals surface area contributed by atoms with Crippen molar-refractivity contribution in [1.82, 2.24) is 19.9 Å². The summed E-state index contributed by atoms with van der Waals surface area (Å²) < 4.78 is 33.6. The van der Waals surface area contributed by atoms with Crippen LogP contribution in [0.15, 0.2) is 36.5 Å². The SMILES string of the molecule is CC(C)(C)OC(=O)N[C@@H](Cc1cc(F)cc(F)c1)c1cc(O)n2nccc2n1. The number of nitrogens with zero attached hydrogens (tertiary/aromatic N) is 3. The lowest BCUT2D eigenvalue weighted by Gasteiger charge is -2.24. The summed E-state index contributed by atoms with van der Waals surface area (Å²) in [6.45, 7) is 5.14. The first-order valence-corrected chi connectivity index (χ1v) is 8.59. The highest BCUT2D eigenvalue weighted by molar-refractivity contribution is 5.68. The smallest absolute Gasteiger partial charge is 0.408 e. The fourth-order valence-electron chi connectivity index (χ4n) is 2.74. The number of amides is 1. The highest BCUT2D eigenvalue weighted by atomic mass is 19.1. The van der Waals surface area contributed by atoms with Crippen LogP contribution in [0.25, 0.3) is 5.65 Å². The Balaban J connectivity index is 1.95. The molecular formula is C19H20F2N4O3. The molecule has 2 heterocycles. The number of fused-ring (bicyclic) bond motifs is 1. The van der Waals surface area contributed by atoms with Gasteiger partial charge in [0.15, 0.2) is 5.65 Å². The van der Waals surface area contributed by atoms with Crippen molar-refractivity contribution in [2.75, 3.05) is 0 Å². The number of halogens is 2. The van der Waals surface area contributed by atoms with Crippen LogP contribution in [0.5, 0.6) is 5.88 Å². The van der Waals surface area contributed by atoms with Gasteiger partial charge in [0, 0.05) is 18.2 Å². The molecular weight excluding hydrogens is 370 g/mol. The van der Waals surface area contributed by atoms with Crippen LogP contribution >= 0.6 is 0 Å². The number of aromatic hydroxyl groups is 1. The number of hydrogen-bond acceptors (Lipinski definition) is 5. The summed E-state index contributed by atoms with van der Waals surface area (Å²) in [5.74, 6) is -1.65. The molecule has 148 valence electrons. The van der Waals surface area contributed by atoms with Gasteiger partial charge in [-0.15, -0.1) is 0 Å². The van der Waals surface area contributed by atoms with Crippen LogP contribution < -0.4 is 5.32 Å². The average molecular weight is 390 g/mol. The Morgan fingerprint density at radius 3 is 2.57 bits per heavy atom. The molecule has 1 amide bonds. The molecule has 0 aliphatic heterocycles. The van der Waals surface area contributed by atoms with Crippen molar-refractivity contribution in [3.63, 3.8) is 0 Å². The quantitative estimate of drug-likeness (QED) is 0.712. The van der Waals surface area contributed by atoms with Crippen molar-refractivity contribution in [2.24, 2.45) is 0 Å². The third-order valence-electron chi connectivity index (χ3n) is 3.77. The van der Waals surface area contributed by atoms with Crippen LogP contribution in [-0.2, 0) is 11.2 Å². The van der Waals surface area contributed by atoms with E-state index in [2.05, 4.69) is 15.4 Å². The number of nitrogens with one attached hydrogen (secondary N) is 1. The molecule has 2 aromatic heterocycles. The predicted molar refractivity (Wildman–Crippen MR) is 96.8 cm³/mol. The Morgan fingerprint density at radius 2 is 1.93 bits per heavy atom. The molecule has 0 aliphatic carbocycles. The minimum atomic E-state index is -0.804. The van der Waals surface area contributed by atoms with Crippen molar-refractivity contribution in [3.8, 4) is 5.88 Å². The zero-order chi connectivity index (χ0) is 20.5. The lowest BCUT2D eigenvalue weighted by molar-refractivity contribution is 0.0502. The Labute approximate surface area is 160 Å². The number of rotatable bonds is 4. The summed E-state index contributed by atoms with van der Waals surface area (Å²) in [5.41, 5.74) is 0.232. The number of carbonyl (C=O) groups excluding carboxylic acids is 1. The first-order valence-electron chi connectivity index (χ1n) is 8.59. The first-order chi connectivity index (χ1) is 13.1. The van der Waals surface area contributed by atoms with Gasteiger partial charge in [-0.05, 0) is 44.9 Å². The molecule has 0 bridgehead atoms. The summed E-state index contributed by atoms with van der Waals surface area (Å²) in [7, 11) is 0. The standard InChI is InChI=1S/C19H20F2N4O3/c1-19(2,3)28-18(27)24-14(8-11-6-12(20)9-13(21)7-11)15-10-17(26)25-16(23-15)4-5-22-25/h4-7,9-10,14,26H,8H2,1-3H3,(H,24,27)/t14-/m0/s1. The Morgan fingerprint density at radius 1 is 1.25 bits per heavy atom. The lowest BCUT2D eigenvalue weighted by Crippen LogP contribution is -2.36. The van der Waals surface area contributed by atoms with E-state index in [9.17, 15) is 18.7 Å². The molecule has 0 saturated carbocycles. The van der Waals surface area contributed by atoms with Gasteiger partial charge in [-0.25, -0.2) is 18.6 Å². The molecule has 28 heavy (non-hydrogen) atoms. The van der Waals surface area contributed by atoms with Crippen LogP contribution in [-0.4, -0.2) is 31.4 Å². The maximum Gasteiger partial charge on any atom is 0.408 e. The predicted octanol–water partition coefficient (Wildman–Crippen LogP) is 3.52. The van der Waals surface area contributed by atoms with E-state index in [1.165, 1.54) is 28.9 Å². The Bertz CT molecular complexity index is 994. The molecule has 0 fully saturated rings. The van der Waals surface area contributed by atoms with Crippen LogP contribution in [0, 0.1) is 11.6 Å². The van der Waals surface area contributed by atoms with Crippen molar-refractivity contribution in [3.05, 3.63) is 59.4 Å². The molecule has 7 nitrogen and oxygen atoms in total. The minimum Gasteiger partial charge on any atom is -0.493 e. The molecule has 9 heteroatoms. The van der Waals surface area contributed by atoms with E-state index in [1.54, 1.807) is 26.8 Å². The zero-order valence-corrected chi connectivity index (χ0v) is 15.6. The molecule has 1 aromatic carbocycles. The molecule has 3 rings (SSSR count). The van der Waals surface area contributed by atoms with Crippen molar-refractivity contribution in [1.29, 1.82) is 0 Å². The summed E-state index contributed by atoms with van der Waals surface area (Å²) in [4.78, 5) is 16.6. The highest BCUT2D eigenvalue weighted by Crippen LogP contribution is 2.23. The van der Waals surface area contributed by atoms with Gasteiger partial charge in [0.25, 0.3) is 0 Å². The normalized spacial score (nSPS) is 12.8. The van der Waals surface area contributed by atoms with Gasteiger partial charge in [-0.1, -0.05) is 0 Å². The van der Waals surface area contributed by atoms with Crippen LogP contribution in [0.3, 0.4) is 0 Å². The van der Waals surface area contributed by atoms with Crippen molar-refractivity contribution >= 4 is 11.7 Å². The van der Waals surface area contributed by atoms with Crippen molar-refractivity contribution in [2.45, 2.75) is 38.8 Å². The van der Waals surface area contributed by atoms with Crippen LogP contribution in [0.1, 0.15) is 38.1 Å². The zero-order valence-electron chi connectivity index (χ0n) is 15.6. The second kappa shape index (κ2) is 7.41. The average Bonchev–Trinajstić information content (AvgIpc) is 3.00. The monoisotopic (exact) mass is 390 g/mol. The largest absolute Gasteiger partial charge is 0.493 e. The van der Waals surface area contributed by atoms with E-state index in [-0.39, 0.29) is 12.3 Å². The Kier molecular flexibility index (Phi) is 5.17. The van der Waals surface area contributed by atoms with E-state index in [4.69, 9.17) is 4.74 Å².